The highest BCUT2D eigenvalue weighted by Crippen LogP contribution is 2.48. The number of hydrogen-bond donors (Lipinski definition) is 2. The van der Waals surface area contributed by atoms with Crippen LogP contribution < -0.4 is 20.4 Å². The van der Waals surface area contributed by atoms with E-state index in [1.54, 1.807) is 4.57 Å². The minimum Gasteiger partial charge on any atom is -0.355 e. The highest BCUT2D eigenvalue weighted by molar-refractivity contribution is 6.08. The molecule has 10 heteroatoms. The van der Waals surface area contributed by atoms with Gasteiger partial charge in [0.1, 0.15) is 6.33 Å². The van der Waals surface area contributed by atoms with Gasteiger partial charge in [-0.25, -0.2) is 15.0 Å². The molecule has 1 aromatic carbocycles. The van der Waals surface area contributed by atoms with Gasteiger partial charge in [-0.2, -0.15) is 0 Å². The Bertz CT molecular complexity index is 1320. The molecule has 2 N–H and O–H groups in total. The van der Waals surface area contributed by atoms with E-state index in [0.29, 0.717) is 61.9 Å². The summed E-state index contributed by atoms with van der Waals surface area (Å²) >= 11 is 0. The molecule has 36 heavy (non-hydrogen) atoms. The molecule has 1 saturated carbocycles. The summed E-state index contributed by atoms with van der Waals surface area (Å²) in [6, 6.07) is 8.20. The molecule has 3 aromatic rings. The van der Waals surface area contributed by atoms with Crippen molar-refractivity contribution in [1.82, 2.24) is 30.2 Å². The van der Waals surface area contributed by atoms with E-state index in [1.807, 2.05) is 31.1 Å². The molecule has 6 rings (SSSR count). The second-order valence-electron chi connectivity index (χ2n) is 10.2. The number of imidazole rings is 1. The summed E-state index contributed by atoms with van der Waals surface area (Å²) in [5.41, 5.74) is 2.91. The van der Waals surface area contributed by atoms with Crippen molar-refractivity contribution in [2.24, 2.45) is 13.0 Å². The van der Waals surface area contributed by atoms with Gasteiger partial charge in [-0.1, -0.05) is 18.2 Å². The number of benzene rings is 1. The van der Waals surface area contributed by atoms with Crippen molar-refractivity contribution in [3.05, 3.63) is 42.0 Å². The van der Waals surface area contributed by atoms with E-state index in [1.165, 1.54) is 19.2 Å². The van der Waals surface area contributed by atoms with Gasteiger partial charge >= 0.3 is 0 Å². The smallest absolute Gasteiger partial charge is 0.287 e. The first-order valence-corrected chi connectivity index (χ1v) is 12.8. The quantitative estimate of drug-likeness (QED) is 0.520. The van der Waals surface area contributed by atoms with Crippen molar-refractivity contribution in [1.29, 1.82) is 0 Å². The average Bonchev–Trinajstić information content (AvgIpc) is 3.64. The molecule has 188 valence electrons. The van der Waals surface area contributed by atoms with Crippen molar-refractivity contribution in [2.45, 2.75) is 31.1 Å². The van der Waals surface area contributed by atoms with Gasteiger partial charge in [0.15, 0.2) is 17.0 Å². The second-order valence-corrected chi connectivity index (χ2v) is 10.2. The number of hydrogen-bond acceptors (Lipinski definition) is 7. The lowest BCUT2D eigenvalue weighted by Crippen LogP contribution is -2.49. The highest BCUT2D eigenvalue weighted by Gasteiger charge is 2.52. The molecule has 1 spiro atoms. The van der Waals surface area contributed by atoms with Crippen molar-refractivity contribution >= 4 is 34.5 Å². The van der Waals surface area contributed by atoms with E-state index < -0.39 is 5.41 Å². The number of carbonyl (C=O) groups is 2. The summed E-state index contributed by atoms with van der Waals surface area (Å²) in [5, 5.41) is 6.16. The van der Waals surface area contributed by atoms with E-state index in [4.69, 9.17) is 0 Å². The number of fused-ring (bicyclic) bond motifs is 3. The summed E-state index contributed by atoms with van der Waals surface area (Å²) in [6.07, 6.45) is 5.29. The summed E-state index contributed by atoms with van der Waals surface area (Å²) in [5.74, 6) is 1.68. The number of likely N-dealkylation sites (N-methyl/N-ethyl adjacent to an activating group) is 1. The molecule has 1 saturated heterocycles. The average molecular weight is 489 g/mol. The van der Waals surface area contributed by atoms with Crippen LogP contribution in [0.15, 0.2) is 30.6 Å². The molecule has 2 aliphatic heterocycles. The van der Waals surface area contributed by atoms with Crippen LogP contribution in [0.2, 0.25) is 0 Å². The molecule has 0 atom stereocenters. The van der Waals surface area contributed by atoms with Gasteiger partial charge in [-0.05, 0) is 50.3 Å². The van der Waals surface area contributed by atoms with Gasteiger partial charge in [-0.15, -0.1) is 0 Å². The van der Waals surface area contributed by atoms with Crippen molar-refractivity contribution in [3.63, 3.8) is 0 Å². The number of nitrogens with one attached hydrogen (secondary N) is 2. The Labute approximate surface area is 210 Å². The first-order chi connectivity index (χ1) is 17.5. The number of carbonyl (C=O) groups excluding carboxylic acids is 2. The summed E-state index contributed by atoms with van der Waals surface area (Å²) in [4.78, 5) is 44.3. The fraction of sp³-hybridized carbons (Fsp3) is 0.500. The van der Waals surface area contributed by atoms with Crippen LogP contribution in [-0.4, -0.2) is 71.1 Å². The van der Waals surface area contributed by atoms with E-state index in [0.717, 1.165) is 23.6 Å². The Morgan fingerprint density at radius 1 is 1.17 bits per heavy atom. The Balaban J connectivity index is 1.26. The first-order valence-electron chi connectivity index (χ1n) is 12.8. The molecule has 0 unspecified atom stereocenters. The van der Waals surface area contributed by atoms with E-state index in [2.05, 4.69) is 42.6 Å². The third-order valence-electron chi connectivity index (χ3n) is 7.95. The van der Waals surface area contributed by atoms with Gasteiger partial charge in [0.25, 0.3) is 5.91 Å². The third kappa shape index (κ3) is 3.62. The van der Waals surface area contributed by atoms with Gasteiger partial charge in [0.2, 0.25) is 11.7 Å². The van der Waals surface area contributed by atoms with Crippen molar-refractivity contribution in [2.75, 3.05) is 49.6 Å². The van der Waals surface area contributed by atoms with Crippen LogP contribution in [0.25, 0.3) is 11.2 Å². The van der Waals surface area contributed by atoms with Gasteiger partial charge in [-0.3, -0.25) is 9.59 Å². The standard InChI is InChI=1S/C26H32N8O2/c1-27-11-14-34-19-6-4-3-5-18(19)26(25(34)36)9-12-33(13-10-26)22-20-21(29-16-30-22)32(2)23(31-20)24(35)28-15-17-7-8-17/h3-6,16-17,27H,7-15H2,1-2H3,(H,28,35). The second kappa shape index (κ2) is 8.85. The molecule has 0 radical (unpaired) electrons. The Kier molecular flexibility index (Phi) is 5.63. The lowest BCUT2D eigenvalue weighted by atomic mass is 9.73. The molecule has 1 aliphatic carbocycles. The minimum absolute atomic E-state index is 0.180. The lowest BCUT2D eigenvalue weighted by molar-refractivity contribution is -0.123. The molecule has 2 fully saturated rings. The van der Waals surface area contributed by atoms with Crippen molar-refractivity contribution < 1.29 is 9.59 Å². The summed E-state index contributed by atoms with van der Waals surface area (Å²) in [7, 11) is 3.72. The molecule has 3 aliphatic rings. The number of piperidine rings is 1. The van der Waals surface area contributed by atoms with Crippen molar-refractivity contribution in [3.8, 4) is 0 Å². The SMILES string of the molecule is CNCCN1C(=O)C2(CCN(c3ncnc4c3nc(C(=O)NCC3CC3)n4C)CC2)c2ccccc21. The zero-order valence-corrected chi connectivity index (χ0v) is 20.8. The Morgan fingerprint density at radius 3 is 2.69 bits per heavy atom. The minimum atomic E-state index is -0.509. The monoisotopic (exact) mass is 488 g/mol. The molecule has 4 heterocycles. The number of aromatic nitrogens is 4. The van der Waals surface area contributed by atoms with Crippen LogP contribution in [0.1, 0.15) is 41.9 Å². The zero-order valence-electron chi connectivity index (χ0n) is 20.8. The molecule has 2 amide bonds. The summed E-state index contributed by atoms with van der Waals surface area (Å²) in [6.45, 7) is 3.44. The van der Waals surface area contributed by atoms with Crippen LogP contribution in [0.3, 0.4) is 0 Å². The number of nitrogens with zero attached hydrogens (tertiary/aromatic N) is 6. The maximum absolute atomic E-state index is 13.7. The summed E-state index contributed by atoms with van der Waals surface area (Å²) < 4.78 is 1.74. The Hall–Kier alpha value is -3.53. The molecule has 10 nitrogen and oxygen atoms in total. The van der Waals surface area contributed by atoms with Crippen LogP contribution in [-0.2, 0) is 17.3 Å². The van der Waals surface area contributed by atoms with Crippen LogP contribution in [0, 0.1) is 5.92 Å². The van der Waals surface area contributed by atoms with Crippen LogP contribution in [0.4, 0.5) is 11.5 Å². The molecular formula is C26H32N8O2. The fourth-order valence-electron chi connectivity index (χ4n) is 5.69. The van der Waals surface area contributed by atoms with E-state index >= 15 is 0 Å². The number of para-hydroxylation sites is 1. The maximum atomic E-state index is 13.7. The van der Waals surface area contributed by atoms with Gasteiger partial charge < -0.3 is 25.0 Å². The van der Waals surface area contributed by atoms with Gasteiger partial charge in [0.05, 0.1) is 5.41 Å². The van der Waals surface area contributed by atoms with E-state index in [-0.39, 0.29) is 11.8 Å². The number of aryl methyl sites for hydroxylation is 1. The topological polar surface area (TPSA) is 108 Å². The molecule has 0 bridgehead atoms. The largest absolute Gasteiger partial charge is 0.355 e. The number of anilines is 2. The predicted octanol–water partition coefficient (Wildman–Crippen LogP) is 1.61. The zero-order chi connectivity index (χ0) is 24.9. The predicted molar refractivity (Wildman–Crippen MR) is 137 cm³/mol. The number of amides is 2. The fourth-order valence-corrected chi connectivity index (χ4v) is 5.69. The molecule has 2 aromatic heterocycles. The van der Waals surface area contributed by atoms with Crippen LogP contribution >= 0.6 is 0 Å². The highest BCUT2D eigenvalue weighted by atomic mass is 16.2. The molecular weight excluding hydrogens is 456 g/mol. The van der Waals surface area contributed by atoms with Crippen LogP contribution in [0.5, 0.6) is 0 Å². The first kappa shape index (κ1) is 22.9. The number of rotatable bonds is 7. The lowest BCUT2D eigenvalue weighted by Gasteiger charge is -2.39. The third-order valence-corrected chi connectivity index (χ3v) is 7.95. The normalized spacial score (nSPS) is 18.8. The van der Waals surface area contributed by atoms with Gasteiger partial charge in [0, 0.05) is 45.5 Å². The van der Waals surface area contributed by atoms with E-state index in [9.17, 15) is 9.59 Å². The Morgan fingerprint density at radius 2 is 1.94 bits per heavy atom. The maximum Gasteiger partial charge on any atom is 0.287 e.